The van der Waals surface area contributed by atoms with Gasteiger partial charge in [-0.3, -0.25) is 4.79 Å². The van der Waals surface area contributed by atoms with Gasteiger partial charge in [0, 0.05) is 30.4 Å². The largest absolute Gasteiger partial charge is 0.311 e. The zero-order valence-electron chi connectivity index (χ0n) is 12.2. The molecule has 2 aliphatic rings. The summed E-state index contributed by atoms with van der Waals surface area (Å²) in [6.07, 6.45) is 10.2. The van der Waals surface area contributed by atoms with Crippen LogP contribution >= 0.6 is 0 Å². The third-order valence-corrected chi connectivity index (χ3v) is 4.85. The molecular formula is C16H17N5O. The summed E-state index contributed by atoms with van der Waals surface area (Å²) >= 11 is 0. The molecule has 0 spiro atoms. The average Bonchev–Trinajstić information content (AvgIpc) is 2.96. The van der Waals surface area contributed by atoms with E-state index in [2.05, 4.69) is 15.4 Å². The van der Waals surface area contributed by atoms with E-state index in [1.165, 1.54) is 30.0 Å². The molecule has 4 heterocycles. The minimum atomic E-state index is 0.0711. The molecule has 2 fully saturated rings. The molecule has 2 aromatic heterocycles. The van der Waals surface area contributed by atoms with E-state index in [0.717, 1.165) is 12.8 Å². The van der Waals surface area contributed by atoms with Gasteiger partial charge in [-0.25, -0.2) is 9.50 Å². The maximum Gasteiger partial charge on any atom is 0.172 e. The summed E-state index contributed by atoms with van der Waals surface area (Å²) in [6.45, 7) is 0. The number of nitriles is 1. The van der Waals surface area contributed by atoms with Crippen LogP contribution in [-0.2, 0) is 0 Å². The van der Waals surface area contributed by atoms with E-state index in [4.69, 9.17) is 5.26 Å². The smallest absolute Gasteiger partial charge is 0.172 e. The molecule has 2 aliphatic heterocycles. The topological polar surface area (TPSA) is 83.1 Å². The van der Waals surface area contributed by atoms with Crippen LogP contribution < -0.4 is 5.32 Å². The quantitative estimate of drug-likeness (QED) is 0.853. The maximum atomic E-state index is 12.8. The number of aromatic nitrogens is 3. The average molecular weight is 295 g/mol. The van der Waals surface area contributed by atoms with Crippen molar-refractivity contribution in [1.82, 2.24) is 19.9 Å². The summed E-state index contributed by atoms with van der Waals surface area (Å²) in [4.78, 5) is 17.0. The number of hydrogen-bond acceptors (Lipinski definition) is 5. The second-order valence-electron chi connectivity index (χ2n) is 6.30. The Labute approximate surface area is 128 Å². The number of fused-ring (bicyclic) bond motifs is 3. The van der Waals surface area contributed by atoms with Gasteiger partial charge in [0.15, 0.2) is 11.4 Å². The van der Waals surface area contributed by atoms with Crippen LogP contribution in [0.1, 0.15) is 48.0 Å². The molecule has 22 heavy (non-hydrogen) atoms. The van der Waals surface area contributed by atoms with Crippen molar-refractivity contribution in [3.8, 4) is 6.07 Å². The van der Waals surface area contributed by atoms with Gasteiger partial charge in [0.1, 0.15) is 11.6 Å². The summed E-state index contributed by atoms with van der Waals surface area (Å²) in [5.41, 5.74) is 1.52. The molecule has 6 heteroatoms. The lowest BCUT2D eigenvalue weighted by atomic mass is 9.77. The van der Waals surface area contributed by atoms with Crippen LogP contribution in [0.25, 0.3) is 5.65 Å². The van der Waals surface area contributed by atoms with E-state index in [0.29, 0.717) is 28.9 Å². The molecule has 2 unspecified atom stereocenters. The summed E-state index contributed by atoms with van der Waals surface area (Å²) < 4.78 is 1.52. The SMILES string of the molecule is N#Cc1cnn2cc(C(=O)C3CC4CCCC(C3)N4)cnc12. The van der Waals surface area contributed by atoms with Crippen LogP contribution in [0.5, 0.6) is 0 Å². The number of piperidine rings is 2. The third kappa shape index (κ3) is 2.18. The van der Waals surface area contributed by atoms with E-state index in [-0.39, 0.29) is 11.7 Å². The van der Waals surface area contributed by atoms with Gasteiger partial charge < -0.3 is 5.32 Å². The van der Waals surface area contributed by atoms with Crippen LogP contribution in [-0.4, -0.2) is 32.5 Å². The summed E-state index contributed by atoms with van der Waals surface area (Å²) in [7, 11) is 0. The lowest BCUT2D eigenvalue weighted by Crippen LogP contribution is -2.50. The van der Waals surface area contributed by atoms with Crippen molar-refractivity contribution >= 4 is 11.4 Å². The molecule has 0 aromatic carbocycles. The fraction of sp³-hybridized carbons (Fsp3) is 0.500. The fourth-order valence-electron chi connectivity index (χ4n) is 3.80. The first-order valence-electron chi connectivity index (χ1n) is 7.78. The number of Topliss-reactive ketones (excluding diaryl/α,β-unsaturated/α-hetero) is 1. The fourth-order valence-corrected chi connectivity index (χ4v) is 3.80. The van der Waals surface area contributed by atoms with Gasteiger partial charge >= 0.3 is 0 Å². The molecule has 4 rings (SSSR count). The Morgan fingerprint density at radius 2 is 2.09 bits per heavy atom. The molecule has 0 saturated carbocycles. The van der Waals surface area contributed by atoms with Crippen molar-refractivity contribution in [2.24, 2.45) is 5.92 Å². The molecule has 0 aliphatic carbocycles. The highest BCUT2D eigenvalue weighted by Crippen LogP contribution is 2.31. The van der Waals surface area contributed by atoms with Gasteiger partial charge in [-0.2, -0.15) is 10.4 Å². The van der Waals surface area contributed by atoms with Gasteiger partial charge in [0.25, 0.3) is 0 Å². The number of nitrogens with one attached hydrogen (secondary N) is 1. The second-order valence-corrected chi connectivity index (χ2v) is 6.30. The van der Waals surface area contributed by atoms with E-state index in [9.17, 15) is 4.79 Å². The van der Waals surface area contributed by atoms with Gasteiger partial charge in [0.05, 0.1) is 11.8 Å². The molecule has 2 aromatic rings. The lowest BCUT2D eigenvalue weighted by molar-refractivity contribution is 0.0824. The Morgan fingerprint density at radius 1 is 1.32 bits per heavy atom. The van der Waals surface area contributed by atoms with Crippen molar-refractivity contribution in [2.45, 2.75) is 44.2 Å². The number of ketones is 1. The molecule has 112 valence electrons. The van der Waals surface area contributed by atoms with Gasteiger partial charge in [0.2, 0.25) is 0 Å². The predicted molar refractivity (Wildman–Crippen MR) is 79.3 cm³/mol. The van der Waals surface area contributed by atoms with Crippen LogP contribution in [0, 0.1) is 17.2 Å². The third-order valence-electron chi connectivity index (χ3n) is 4.85. The Kier molecular flexibility index (Phi) is 3.16. The van der Waals surface area contributed by atoms with Gasteiger partial charge in [-0.05, 0) is 25.7 Å². The molecule has 0 radical (unpaired) electrons. The van der Waals surface area contributed by atoms with E-state index in [1.54, 1.807) is 12.4 Å². The van der Waals surface area contributed by atoms with E-state index in [1.807, 2.05) is 6.07 Å². The molecular weight excluding hydrogens is 278 g/mol. The normalized spacial score (nSPS) is 27.5. The molecule has 0 amide bonds. The minimum Gasteiger partial charge on any atom is -0.311 e. The summed E-state index contributed by atoms with van der Waals surface area (Å²) in [5, 5.41) is 16.7. The minimum absolute atomic E-state index is 0.0711. The Morgan fingerprint density at radius 3 is 2.82 bits per heavy atom. The van der Waals surface area contributed by atoms with E-state index >= 15 is 0 Å². The monoisotopic (exact) mass is 295 g/mol. The van der Waals surface area contributed by atoms with Crippen molar-refractivity contribution < 1.29 is 4.79 Å². The maximum absolute atomic E-state index is 12.8. The number of carbonyl (C=O) groups is 1. The highest BCUT2D eigenvalue weighted by Gasteiger charge is 2.35. The Bertz CT molecular complexity index is 762. The second kappa shape index (κ2) is 5.18. The highest BCUT2D eigenvalue weighted by molar-refractivity contribution is 5.97. The van der Waals surface area contributed by atoms with Crippen LogP contribution in [0.2, 0.25) is 0 Å². The van der Waals surface area contributed by atoms with Crippen molar-refractivity contribution in [1.29, 1.82) is 5.26 Å². The van der Waals surface area contributed by atoms with Gasteiger partial charge in [-0.1, -0.05) is 6.42 Å². The summed E-state index contributed by atoms with van der Waals surface area (Å²) in [6, 6.07) is 3.01. The number of rotatable bonds is 2. The van der Waals surface area contributed by atoms with Crippen LogP contribution in [0.3, 0.4) is 0 Å². The van der Waals surface area contributed by atoms with Crippen LogP contribution in [0.4, 0.5) is 0 Å². The molecule has 2 atom stereocenters. The highest BCUT2D eigenvalue weighted by atomic mass is 16.1. The zero-order valence-corrected chi connectivity index (χ0v) is 12.2. The van der Waals surface area contributed by atoms with Gasteiger partial charge in [-0.15, -0.1) is 0 Å². The molecule has 6 nitrogen and oxygen atoms in total. The van der Waals surface area contributed by atoms with Crippen molar-refractivity contribution in [2.75, 3.05) is 0 Å². The number of hydrogen-bond donors (Lipinski definition) is 1. The Hall–Kier alpha value is -2.26. The molecule has 1 N–H and O–H groups in total. The Balaban J connectivity index is 1.61. The molecule has 2 bridgehead atoms. The number of nitrogens with zero attached hydrogens (tertiary/aromatic N) is 4. The first kappa shape index (κ1) is 13.4. The lowest BCUT2D eigenvalue weighted by Gasteiger charge is -2.39. The van der Waals surface area contributed by atoms with E-state index < -0.39 is 0 Å². The summed E-state index contributed by atoms with van der Waals surface area (Å²) in [5.74, 6) is 0.226. The first-order chi connectivity index (χ1) is 10.7. The van der Waals surface area contributed by atoms with Crippen molar-refractivity contribution in [3.05, 3.63) is 29.7 Å². The van der Waals surface area contributed by atoms with Crippen LogP contribution in [0.15, 0.2) is 18.6 Å². The van der Waals surface area contributed by atoms with Crippen molar-refractivity contribution in [3.63, 3.8) is 0 Å². The molecule has 2 saturated heterocycles. The standard InChI is InChI=1S/C16H17N5O/c17-6-11-8-19-21-9-12(7-18-16(11)21)15(22)10-4-13-2-1-3-14(5-10)20-13/h7-10,13-14,20H,1-5H2. The first-order valence-corrected chi connectivity index (χ1v) is 7.78. The number of carbonyl (C=O) groups excluding carboxylic acids is 1. The predicted octanol–water partition coefficient (Wildman–Crippen LogP) is 1.70. The zero-order chi connectivity index (χ0) is 15.1.